The van der Waals surface area contributed by atoms with Crippen molar-refractivity contribution in [1.29, 1.82) is 0 Å². The number of benzene rings is 3. The number of aromatic nitrogens is 2. The first kappa shape index (κ1) is 22.3. The minimum Gasteiger partial charge on any atom is -0.388 e. The molecular formula is C27H22F4N2O. The molecule has 0 aliphatic heterocycles. The van der Waals surface area contributed by atoms with Crippen molar-refractivity contribution in [2.24, 2.45) is 0 Å². The highest BCUT2D eigenvalue weighted by Crippen LogP contribution is 2.45. The summed E-state index contributed by atoms with van der Waals surface area (Å²) in [5.74, 6) is -0.614. The molecule has 0 radical (unpaired) electrons. The lowest BCUT2D eigenvalue weighted by Gasteiger charge is -2.32. The van der Waals surface area contributed by atoms with E-state index in [1.54, 1.807) is 29.1 Å². The molecule has 174 valence electrons. The molecule has 0 amide bonds. The van der Waals surface area contributed by atoms with E-state index in [2.05, 4.69) is 11.7 Å². The van der Waals surface area contributed by atoms with Crippen molar-refractivity contribution < 1.29 is 22.7 Å². The Bertz CT molecular complexity index is 1350. The number of aliphatic hydroxyl groups excluding tert-OH is 1. The summed E-state index contributed by atoms with van der Waals surface area (Å²) in [7, 11) is 0. The van der Waals surface area contributed by atoms with Crippen LogP contribution in [0.25, 0.3) is 22.7 Å². The van der Waals surface area contributed by atoms with Crippen LogP contribution < -0.4 is 0 Å². The van der Waals surface area contributed by atoms with Gasteiger partial charge in [-0.05, 0) is 84.0 Å². The van der Waals surface area contributed by atoms with Crippen molar-refractivity contribution in [3.63, 3.8) is 0 Å². The maximum absolute atomic E-state index is 13.4. The van der Waals surface area contributed by atoms with Gasteiger partial charge in [0.2, 0.25) is 0 Å². The highest BCUT2D eigenvalue weighted by Gasteiger charge is 2.33. The Hall–Kier alpha value is -3.45. The number of halogens is 4. The first-order valence-electron chi connectivity index (χ1n) is 11.0. The Kier molecular flexibility index (Phi) is 5.52. The number of fused-ring (bicyclic) bond motifs is 2. The lowest BCUT2D eigenvalue weighted by Crippen LogP contribution is -2.19. The molecular weight excluding hydrogens is 444 g/mol. The fourth-order valence-electron chi connectivity index (χ4n) is 4.99. The van der Waals surface area contributed by atoms with Gasteiger partial charge < -0.3 is 5.11 Å². The molecule has 0 saturated carbocycles. The summed E-state index contributed by atoms with van der Waals surface area (Å²) in [4.78, 5) is 0. The quantitative estimate of drug-likeness (QED) is 0.330. The Morgan fingerprint density at radius 1 is 1.09 bits per heavy atom. The maximum Gasteiger partial charge on any atom is 0.416 e. The predicted octanol–water partition coefficient (Wildman–Crippen LogP) is 6.98. The maximum atomic E-state index is 13.4. The SMILES string of the molecule is C=Cc1c2c(cc3c1cnn3-c1ccc(F)cc1)CCC[C@@H]2[C@@H](O)c1ccc(C(F)(F)F)cc1. The number of hydrogen-bond acceptors (Lipinski definition) is 2. The number of nitrogens with zero attached hydrogens (tertiary/aromatic N) is 2. The van der Waals surface area contributed by atoms with Gasteiger partial charge in [0.1, 0.15) is 5.82 Å². The van der Waals surface area contributed by atoms with Crippen LogP contribution in [0.2, 0.25) is 0 Å². The van der Waals surface area contributed by atoms with Gasteiger partial charge in [-0.3, -0.25) is 0 Å². The van der Waals surface area contributed by atoms with E-state index in [1.807, 2.05) is 6.07 Å². The van der Waals surface area contributed by atoms with Gasteiger partial charge in [0, 0.05) is 11.3 Å². The predicted molar refractivity (Wildman–Crippen MR) is 123 cm³/mol. The average molecular weight is 466 g/mol. The molecule has 4 aromatic rings. The van der Waals surface area contributed by atoms with E-state index in [0.717, 1.165) is 58.3 Å². The molecule has 3 aromatic carbocycles. The van der Waals surface area contributed by atoms with Crippen molar-refractivity contribution in [2.45, 2.75) is 37.5 Å². The largest absolute Gasteiger partial charge is 0.416 e. The monoisotopic (exact) mass is 466 g/mol. The number of aliphatic hydroxyl groups is 1. The van der Waals surface area contributed by atoms with Gasteiger partial charge in [-0.25, -0.2) is 9.07 Å². The van der Waals surface area contributed by atoms with Gasteiger partial charge in [0.05, 0.1) is 29.1 Å². The van der Waals surface area contributed by atoms with Crippen LogP contribution in [0.15, 0.2) is 67.4 Å². The van der Waals surface area contributed by atoms with Crippen LogP contribution in [0.1, 0.15) is 52.7 Å². The topological polar surface area (TPSA) is 38.0 Å². The first-order chi connectivity index (χ1) is 16.3. The number of hydrogen-bond donors (Lipinski definition) is 1. The average Bonchev–Trinajstić information content (AvgIpc) is 3.25. The third-order valence-electron chi connectivity index (χ3n) is 6.61. The fourth-order valence-corrected chi connectivity index (χ4v) is 4.99. The summed E-state index contributed by atoms with van der Waals surface area (Å²) in [6.07, 6.45) is 0.437. The van der Waals surface area contributed by atoms with Crippen LogP contribution in [0.3, 0.4) is 0 Å². The standard InChI is InChI=1S/C27H22F4N2O/c1-2-21-23-15-32-33(20-12-10-19(28)11-13-20)24(23)14-17-4-3-5-22(25(17)21)26(34)16-6-8-18(9-7-16)27(29,30)31/h2,6-15,22,26,34H,1,3-5H2/t22-,26-/m0/s1. The fraction of sp³-hybridized carbons (Fsp3) is 0.222. The third kappa shape index (κ3) is 3.80. The number of alkyl halides is 3. The van der Waals surface area contributed by atoms with E-state index in [1.165, 1.54) is 24.3 Å². The molecule has 7 heteroatoms. The lowest BCUT2D eigenvalue weighted by molar-refractivity contribution is -0.137. The van der Waals surface area contributed by atoms with Gasteiger partial charge in [0.15, 0.2) is 0 Å². The molecule has 34 heavy (non-hydrogen) atoms. The number of rotatable bonds is 4. The van der Waals surface area contributed by atoms with Crippen molar-refractivity contribution >= 4 is 17.0 Å². The summed E-state index contributed by atoms with van der Waals surface area (Å²) >= 11 is 0. The first-order valence-corrected chi connectivity index (χ1v) is 11.0. The van der Waals surface area contributed by atoms with E-state index in [0.29, 0.717) is 12.0 Å². The minimum absolute atomic E-state index is 0.285. The van der Waals surface area contributed by atoms with Gasteiger partial charge >= 0.3 is 6.18 Å². The molecule has 3 nitrogen and oxygen atoms in total. The molecule has 2 atom stereocenters. The molecule has 1 aliphatic rings. The highest BCUT2D eigenvalue weighted by molar-refractivity contribution is 5.91. The van der Waals surface area contributed by atoms with E-state index < -0.39 is 17.8 Å². The van der Waals surface area contributed by atoms with E-state index >= 15 is 0 Å². The highest BCUT2D eigenvalue weighted by atomic mass is 19.4. The summed E-state index contributed by atoms with van der Waals surface area (Å²) in [5, 5.41) is 16.6. The molecule has 1 aliphatic carbocycles. The normalized spacial score (nSPS) is 16.9. The van der Waals surface area contributed by atoms with Crippen LogP contribution in [-0.2, 0) is 12.6 Å². The molecule has 5 rings (SSSR count). The van der Waals surface area contributed by atoms with Crippen LogP contribution in [0.4, 0.5) is 17.6 Å². The zero-order valence-corrected chi connectivity index (χ0v) is 18.2. The van der Waals surface area contributed by atoms with Crippen LogP contribution >= 0.6 is 0 Å². The summed E-state index contributed by atoms with van der Waals surface area (Å²) < 4.78 is 54.0. The lowest BCUT2D eigenvalue weighted by atomic mass is 9.75. The zero-order valence-electron chi connectivity index (χ0n) is 18.2. The molecule has 1 heterocycles. The van der Waals surface area contributed by atoms with Crippen LogP contribution in [-0.4, -0.2) is 14.9 Å². The minimum atomic E-state index is -4.42. The van der Waals surface area contributed by atoms with Gasteiger partial charge in [-0.15, -0.1) is 0 Å². The van der Waals surface area contributed by atoms with Crippen molar-refractivity contribution in [1.82, 2.24) is 9.78 Å². The summed E-state index contributed by atoms with van der Waals surface area (Å²) in [6.45, 7) is 3.99. The molecule has 0 unspecified atom stereocenters. The summed E-state index contributed by atoms with van der Waals surface area (Å²) in [5.41, 5.74) is 4.15. The molecule has 1 N–H and O–H groups in total. The van der Waals surface area contributed by atoms with Crippen molar-refractivity contribution in [3.8, 4) is 5.69 Å². The Morgan fingerprint density at radius 3 is 2.44 bits per heavy atom. The smallest absolute Gasteiger partial charge is 0.388 e. The van der Waals surface area contributed by atoms with E-state index in [4.69, 9.17) is 0 Å². The molecule has 0 bridgehead atoms. The Labute approximate surface area is 194 Å². The van der Waals surface area contributed by atoms with Crippen LogP contribution in [0, 0.1) is 5.82 Å². The van der Waals surface area contributed by atoms with E-state index in [9.17, 15) is 22.7 Å². The third-order valence-corrected chi connectivity index (χ3v) is 6.61. The zero-order chi connectivity index (χ0) is 24.0. The van der Waals surface area contributed by atoms with E-state index in [-0.39, 0.29) is 11.7 Å². The van der Waals surface area contributed by atoms with Crippen molar-refractivity contribution in [3.05, 3.63) is 101 Å². The number of aryl methyl sites for hydroxylation is 1. The van der Waals surface area contributed by atoms with Gasteiger partial charge in [-0.1, -0.05) is 24.8 Å². The van der Waals surface area contributed by atoms with Gasteiger partial charge in [-0.2, -0.15) is 18.3 Å². The Balaban J connectivity index is 1.59. The molecule has 1 aromatic heterocycles. The second-order valence-electron chi connectivity index (χ2n) is 8.60. The second-order valence-corrected chi connectivity index (χ2v) is 8.60. The molecule has 0 fully saturated rings. The Morgan fingerprint density at radius 2 is 1.79 bits per heavy atom. The van der Waals surface area contributed by atoms with Crippen molar-refractivity contribution in [2.75, 3.05) is 0 Å². The van der Waals surface area contributed by atoms with Crippen LogP contribution in [0.5, 0.6) is 0 Å². The van der Waals surface area contributed by atoms with Gasteiger partial charge in [0.25, 0.3) is 0 Å². The molecule has 0 saturated heterocycles. The summed E-state index contributed by atoms with van der Waals surface area (Å²) in [6, 6.07) is 12.8. The molecule has 0 spiro atoms. The second kappa shape index (κ2) is 8.40.